The Morgan fingerprint density at radius 2 is 1.80 bits per heavy atom. The minimum Gasteiger partial charge on any atom is -0.619 e. The molecule has 0 N–H and O–H groups in total. The molecule has 12 nitrogen and oxygen atoms in total. The molecule has 220 valence electrons. The highest BCUT2D eigenvalue weighted by atomic mass is 35.5. The van der Waals surface area contributed by atoms with Crippen molar-refractivity contribution in [2.75, 3.05) is 13.6 Å². The van der Waals surface area contributed by atoms with Gasteiger partial charge in [-0.3, -0.25) is 9.48 Å². The number of tetrazole rings is 1. The van der Waals surface area contributed by atoms with E-state index < -0.39 is 11.9 Å². The monoisotopic (exact) mass is 611 g/mol. The summed E-state index contributed by atoms with van der Waals surface area (Å²) in [6, 6.07) is 17.4. The van der Waals surface area contributed by atoms with Crippen LogP contribution in [0.25, 0.3) is 27.9 Å². The van der Waals surface area contributed by atoms with E-state index in [9.17, 15) is 15.2 Å². The quantitative estimate of drug-likeness (QED) is 0.189. The lowest BCUT2D eigenvalue weighted by molar-refractivity contribution is -0.615. The lowest BCUT2D eigenvalue weighted by Gasteiger charge is -2.24. The molecule has 4 aromatic heterocycles. The third-order valence-corrected chi connectivity index (χ3v) is 7.41. The van der Waals surface area contributed by atoms with Gasteiger partial charge in [0.1, 0.15) is 6.33 Å². The highest BCUT2D eigenvalue weighted by molar-refractivity contribution is 6.31. The number of carbonyl (C=O) groups is 1. The number of amides is 1. The van der Waals surface area contributed by atoms with Crippen molar-refractivity contribution in [1.82, 2.24) is 34.9 Å². The summed E-state index contributed by atoms with van der Waals surface area (Å²) in [6.07, 6.45) is 8.63. The van der Waals surface area contributed by atoms with Gasteiger partial charge in [0, 0.05) is 42.6 Å². The number of hydrogen-bond donors (Lipinski definition) is 0. The number of pyridine rings is 2. The number of benzene rings is 2. The van der Waals surface area contributed by atoms with Crippen LogP contribution < -0.4 is 9.46 Å². The van der Waals surface area contributed by atoms with Gasteiger partial charge >= 0.3 is 0 Å². The summed E-state index contributed by atoms with van der Waals surface area (Å²) >= 11 is 6.11. The fourth-order valence-electron chi connectivity index (χ4n) is 4.89. The van der Waals surface area contributed by atoms with Gasteiger partial charge in [-0.05, 0) is 46.3 Å². The minimum atomic E-state index is -0.746. The number of nitrogens with zero attached hydrogens (tertiary/aromatic N) is 9. The van der Waals surface area contributed by atoms with Gasteiger partial charge in [0.05, 0.1) is 34.6 Å². The minimum absolute atomic E-state index is 0.0370. The third kappa shape index (κ3) is 5.55. The second-order valence-electron chi connectivity index (χ2n) is 9.90. The number of likely N-dealkylation sites (N-methyl/N-ethyl adjacent to an activating group) is 1. The molecule has 4 heterocycles. The number of rotatable bonds is 8. The van der Waals surface area contributed by atoms with E-state index in [2.05, 4.69) is 20.6 Å². The predicted octanol–water partition coefficient (Wildman–Crippen LogP) is 3.61. The van der Waals surface area contributed by atoms with Gasteiger partial charge in [0.25, 0.3) is 5.91 Å². The Balaban J connectivity index is 1.41. The van der Waals surface area contributed by atoms with E-state index in [4.69, 9.17) is 11.6 Å². The summed E-state index contributed by atoms with van der Waals surface area (Å²) in [5.41, 5.74) is 2.73. The van der Waals surface area contributed by atoms with Crippen molar-refractivity contribution in [3.8, 4) is 27.9 Å². The Morgan fingerprint density at radius 3 is 2.50 bits per heavy atom. The summed E-state index contributed by atoms with van der Waals surface area (Å²) in [6.45, 7) is 0.0766. The van der Waals surface area contributed by atoms with Gasteiger partial charge in [-0.25, -0.2) is 4.39 Å². The van der Waals surface area contributed by atoms with Crippen LogP contribution in [0.5, 0.6) is 0 Å². The van der Waals surface area contributed by atoms with Crippen molar-refractivity contribution in [3.05, 3.63) is 137 Å². The second-order valence-corrected chi connectivity index (χ2v) is 10.3. The third-order valence-electron chi connectivity index (χ3n) is 7.11. The molecule has 2 aromatic carbocycles. The van der Waals surface area contributed by atoms with Gasteiger partial charge in [0.15, 0.2) is 30.4 Å². The molecule has 0 fully saturated rings. The van der Waals surface area contributed by atoms with Crippen molar-refractivity contribution in [3.63, 3.8) is 0 Å². The van der Waals surface area contributed by atoms with E-state index in [1.165, 1.54) is 40.6 Å². The molecule has 14 heteroatoms. The summed E-state index contributed by atoms with van der Waals surface area (Å²) in [4.78, 5) is 14.8. The number of hydrogen-bond acceptors (Lipinski definition) is 7. The van der Waals surface area contributed by atoms with E-state index >= 15 is 4.39 Å². The lowest BCUT2D eigenvalue weighted by Crippen LogP contribution is -2.41. The fraction of sp³-hybridized carbons (Fsp3) is 0.100. The molecule has 44 heavy (non-hydrogen) atoms. The van der Waals surface area contributed by atoms with Crippen molar-refractivity contribution >= 4 is 17.5 Å². The highest BCUT2D eigenvalue weighted by Crippen LogP contribution is 2.33. The molecule has 0 spiro atoms. The smallest absolute Gasteiger partial charge is 0.253 e. The zero-order chi connectivity index (χ0) is 30.8. The first kappa shape index (κ1) is 28.4. The van der Waals surface area contributed by atoms with Gasteiger partial charge < -0.3 is 15.3 Å². The molecule has 1 atom stereocenters. The largest absolute Gasteiger partial charge is 0.619 e. The van der Waals surface area contributed by atoms with Gasteiger partial charge in [-0.1, -0.05) is 29.8 Å². The van der Waals surface area contributed by atoms with Crippen LogP contribution in [-0.4, -0.2) is 54.4 Å². The SMILES string of the molecule is CN(CC(c1ccc(-c2c(-n3cnnn3)ccc(Cl)c2F)c[n+]1[O-])n1cc(-c2cc[n+]([O-])cc2)cn1)C(=O)c1ccccc1. The first-order valence-corrected chi connectivity index (χ1v) is 13.7. The van der Waals surface area contributed by atoms with Crippen LogP contribution >= 0.6 is 11.6 Å². The molecule has 6 rings (SSSR count). The van der Waals surface area contributed by atoms with Crippen LogP contribution in [0, 0.1) is 16.2 Å². The Hall–Kier alpha value is -5.69. The first-order chi connectivity index (χ1) is 21.3. The van der Waals surface area contributed by atoms with Crippen LogP contribution in [0.4, 0.5) is 4.39 Å². The molecule has 0 radical (unpaired) electrons. The molecule has 0 saturated heterocycles. The van der Waals surface area contributed by atoms with Crippen LogP contribution in [0.15, 0.2) is 104 Å². The van der Waals surface area contributed by atoms with E-state index in [0.717, 1.165) is 5.56 Å². The summed E-state index contributed by atoms with van der Waals surface area (Å²) in [7, 11) is 1.64. The average molecular weight is 612 g/mol. The van der Waals surface area contributed by atoms with Crippen LogP contribution in [0.2, 0.25) is 5.02 Å². The van der Waals surface area contributed by atoms with E-state index in [1.807, 2.05) is 6.07 Å². The normalized spacial score (nSPS) is 11.8. The molecule has 1 amide bonds. The number of carbonyl (C=O) groups excluding carboxylic acids is 1. The van der Waals surface area contributed by atoms with Gasteiger partial charge in [0.2, 0.25) is 5.69 Å². The topological polar surface area (TPSA) is 136 Å². The zero-order valence-corrected chi connectivity index (χ0v) is 23.9. The molecule has 1 unspecified atom stereocenters. The Bertz CT molecular complexity index is 1930. The van der Waals surface area contributed by atoms with E-state index in [0.29, 0.717) is 20.6 Å². The second kappa shape index (κ2) is 11.9. The Labute approximate surface area is 255 Å². The Kier molecular flexibility index (Phi) is 7.69. The highest BCUT2D eigenvalue weighted by Gasteiger charge is 2.28. The van der Waals surface area contributed by atoms with Crippen LogP contribution in [0.3, 0.4) is 0 Å². The van der Waals surface area contributed by atoms with Gasteiger partial charge in [-0.15, -0.1) is 5.10 Å². The van der Waals surface area contributed by atoms with Crippen LogP contribution in [-0.2, 0) is 0 Å². The van der Waals surface area contributed by atoms with Crippen molar-refractivity contribution in [1.29, 1.82) is 0 Å². The molecule has 6 aromatic rings. The molecule has 0 bridgehead atoms. The Morgan fingerprint density at radius 1 is 1.02 bits per heavy atom. The standard InChI is InChI=1S/C30H23ClFN9O3/c1-37(30(42)21-5-3-2-4-6-21)18-27(39-16-23(15-34-39)20-11-13-38(43)14-12-20)25-9-7-22(17-41(25)44)28-26(40-19-33-35-36-40)10-8-24(31)29(28)32/h2-17,19,27H,18H2,1H3. The lowest BCUT2D eigenvalue weighted by atomic mass is 10.0. The maximum Gasteiger partial charge on any atom is 0.253 e. The van der Waals surface area contributed by atoms with Crippen molar-refractivity contribution < 1.29 is 18.6 Å². The molecular formula is C30H23ClFN9O3. The molecule has 0 aliphatic rings. The average Bonchev–Trinajstić information content (AvgIpc) is 3.75. The summed E-state index contributed by atoms with van der Waals surface area (Å²) in [5, 5.41) is 40.7. The van der Waals surface area contributed by atoms with Gasteiger partial charge in [-0.2, -0.15) is 19.2 Å². The maximum absolute atomic E-state index is 15.4. The van der Waals surface area contributed by atoms with Crippen LogP contribution in [0.1, 0.15) is 22.1 Å². The first-order valence-electron chi connectivity index (χ1n) is 13.3. The molecule has 0 aliphatic heterocycles. The molecule has 0 aliphatic carbocycles. The maximum atomic E-state index is 15.4. The summed E-state index contributed by atoms with van der Waals surface area (Å²) in [5.74, 6) is -0.983. The van der Waals surface area contributed by atoms with E-state index in [-0.39, 0.29) is 40.0 Å². The number of aromatic nitrogens is 8. The fourth-order valence-corrected chi connectivity index (χ4v) is 5.05. The van der Waals surface area contributed by atoms with E-state index in [1.54, 1.807) is 78.7 Å². The van der Waals surface area contributed by atoms with Crippen molar-refractivity contribution in [2.45, 2.75) is 6.04 Å². The number of halogens is 2. The molecular weight excluding hydrogens is 589 g/mol. The molecule has 0 saturated carbocycles. The summed E-state index contributed by atoms with van der Waals surface area (Å²) < 4.78 is 19.6. The predicted molar refractivity (Wildman–Crippen MR) is 157 cm³/mol. The van der Waals surface area contributed by atoms with Crippen molar-refractivity contribution in [2.24, 2.45) is 0 Å². The zero-order valence-electron chi connectivity index (χ0n) is 23.1.